The first-order chi connectivity index (χ1) is 12.2. The van der Waals surface area contributed by atoms with Crippen LogP contribution in [0, 0.1) is 5.82 Å². The van der Waals surface area contributed by atoms with Crippen molar-refractivity contribution in [1.29, 1.82) is 0 Å². The van der Waals surface area contributed by atoms with Crippen LogP contribution in [0.3, 0.4) is 0 Å². The third-order valence-corrected chi connectivity index (χ3v) is 4.39. The molecule has 1 aliphatic heterocycles. The number of anilines is 1. The monoisotopic (exact) mass is 343 g/mol. The number of benzene rings is 2. The van der Waals surface area contributed by atoms with Crippen LogP contribution in [0.5, 0.6) is 5.75 Å². The van der Waals surface area contributed by atoms with E-state index in [1.54, 1.807) is 30.2 Å². The zero-order chi connectivity index (χ0) is 17.6. The summed E-state index contributed by atoms with van der Waals surface area (Å²) in [6.07, 6.45) is 0. The molecule has 0 saturated carbocycles. The summed E-state index contributed by atoms with van der Waals surface area (Å²) < 4.78 is 18.8. The SMILES string of the molecule is COc1ccc(N2CCN(C(=O)NCc3ccccc3F)CC2)cc1. The number of urea groups is 1. The average Bonchev–Trinajstić information content (AvgIpc) is 2.67. The van der Waals surface area contributed by atoms with Crippen molar-refractivity contribution < 1.29 is 13.9 Å². The Kier molecular flexibility index (Phi) is 5.38. The van der Waals surface area contributed by atoms with Crippen LogP contribution >= 0.6 is 0 Å². The zero-order valence-electron chi connectivity index (χ0n) is 14.2. The molecule has 2 amide bonds. The van der Waals surface area contributed by atoms with Crippen LogP contribution in [0.15, 0.2) is 48.5 Å². The van der Waals surface area contributed by atoms with Crippen molar-refractivity contribution in [3.63, 3.8) is 0 Å². The molecule has 1 fully saturated rings. The molecule has 3 rings (SSSR count). The highest BCUT2D eigenvalue weighted by Crippen LogP contribution is 2.20. The van der Waals surface area contributed by atoms with E-state index in [0.29, 0.717) is 18.7 Å². The van der Waals surface area contributed by atoms with Gasteiger partial charge in [0.1, 0.15) is 11.6 Å². The maximum Gasteiger partial charge on any atom is 0.317 e. The molecule has 6 heteroatoms. The minimum atomic E-state index is -0.299. The standard InChI is InChI=1S/C19H22FN3O2/c1-25-17-8-6-16(7-9-17)22-10-12-23(13-11-22)19(24)21-14-15-4-2-3-5-18(15)20/h2-9H,10-14H2,1H3,(H,21,24). The second kappa shape index (κ2) is 7.88. The molecule has 0 aliphatic carbocycles. The summed E-state index contributed by atoms with van der Waals surface area (Å²) in [4.78, 5) is 16.3. The molecule has 5 nitrogen and oxygen atoms in total. The lowest BCUT2D eigenvalue weighted by atomic mass is 10.2. The summed E-state index contributed by atoms with van der Waals surface area (Å²) in [5, 5.41) is 2.79. The number of hydrogen-bond donors (Lipinski definition) is 1. The van der Waals surface area contributed by atoms with E-state index in [9.17, 15) is 9.18 Å². The highest BCUT2D eigenvalue weighted by molar-refractivity contribution is 5.74. The molecule has 2 aromatic rings. The minimum absolute atomic E-state index is 0.155. The van der Waals surface area contributed by atoms with Crippen LogP contribution in [0.25, 0.3) is 0 Å². The first-order valence-electron chi connectivity index (χ1n) is 8.32. The van der Waals surface area contributed by atoms with Crippen molar-refractivity contribution in [3.8, 4) is 5.75 Å². The summed E-state index contributed by atoms with van der Waals surface area (Å²) in [5.41, 5.74) is 1.61. The van der Waals surface area contributed by atoms with Gasteiger partial charge in [0, 0.05) is 44.0 Å². The van der Waals surface area contributed by atoms with Gasteiger partial charge < -0.3 is 19.9 Å². The first kappa shape index (κ1) is 17.1. The van der Waals surface area contributed by atoms with E-state index in [1.165, 1.54) is 6.07 Å². The summed E-state index contributed by atoms with van der Waals surface area (Å²) >= 11 is 0. The highest BCUT2D eigenvalue weighted by atomic mass is 19.1. The van der Waals surface area contributed by atoms with E-state index >= 15 is 0 Å². The van der Waals surface area contributed by atoms with Gasteiger partial charge in [-0.25, -0.2) is 9.18 Å². The molecule has 1 N–H and O–H groups in total. The van der Waals surface area contributed by atoms with E-state index in [2.05, 4.69) is 10.2 Å². The van der Waals surface area contributed by atoms with Gasteiger partial charge in [0.2, 0.25) is 0 Å². The molecule has 0 spiro atoms. The number of carbonyl (C=O) groups excluding carboxylic acids is 1. The lowest BCUT2D eigenvalue weighted by molar-refractivity contribution is 0.194. The van der Waals surface area contributed by atoms with Crippen molar-refractivity contribution in [1.82, 2.24) is 10.2 Å². The Labute approximate surface area is 147 Å². The van der Waals surface area contributed by atoms with Gasteiger partial charge in [0.25, 0.3) is 0 Å². The molecule has 1 saturated heterocycles. The van der Waals surface area contributed by atoms with Crippen molar-refractivity contribution in [3.05, 3.63) is 59.9 Å². The summed E-state index contributed by atoms with van der Waals surface area (Å²) in [6, 6.07) is 14.2. The predicted molar refractivity (Wildman–Crippen MR) is 95.4 cm³/mol. The maximum absolute atomic E-state index is 13.6. The van der Waals surface area contributed by atoms with E-state index in [1.807, 2.05) is 24.3 Å². The second-order valence-electron chi connectivity index (χ2n) is 5.92. The topological polar surface area (TPSA) is 44.8 Å². The van der Waals surface area contributed by atoms with Gasteiger partial charge in [-0.05, 0) is 30.3 Å². The molecule has 0 aromatic heterocycles. The van der Waals surface area contributed by atoms with E-state index in [0.717, 1.165) is 24.5 Å². The van der Waals surface area contributed by atoms with Crippen LogP contribution in [0.1, 0.15) is 5.56 Å². The number of nitrogens with one attached hydrogen (secondary N) is 1. The number of piperazine rings is 1. The second-order valence-corrected chi connectivity index (χ2v) is 5.92. The molecule has 132 valence electrons. The van der Waals surface area contributed by atoms with Crippen molar-refractivity contribution in [2.75, 3.05) is 38.2 Å². The van der Waals surface area contributed by atoms with Gasteiger partial charge in [0.15, 0.2) is 0 Å². The van der Waals surface area contributed by atoms with E-state index < -0.39 is 0 Å². The minimum Gasteiger partial charge on any atom is -0.497 e. The average molecular weight is 343 g/mol. The van der Waals surface area contributed by atoms with Gasteiger partial charge in [-0.15, -0.1) is 0 Å². The third kappa shape index (κ3) is 4.21. The molecular weight excluding hydrogens is 321 g/mol. The fourth-order valence-electron chi connectivity index (χ4n) is 2.89. The van der Waals surface area contributed by atoms with E-state index in [-0.39, 0.29) is 18.4 Å². The Bertz CT molecular complexity index is 713. The van der Waals surface area contributed by atoms with Crippen molar-refractivity contribution >= 4 is 11.7 Å². The van der Waals surface area contributed by atoms with Crippen molar-refractivity contribution in [2.24, 2.45) is 0 Å². The maximum atomic E-state index is 13.6. The zero-order valence-corrected chi connectivity index (χ0v) is 14.2. The lowest BCUT2D eigenvalue weighted by Gasteiger charge is -2.36. The third-order valence-electron chi connectivity index (χ3n) is 4.39. The Morgan fingerprint density at radius 3 is 2.40 bits per heavy atom. The smallest absolute Gasteiger partial charge is 0.317 e. The van der Waals surface area contributed by atoms with Crippen LogP contribution in [0.4, 0.5) is 14.9 Å². The number of rotatable bonds is 4. The van der Waals surface area contributed by atoms with E-state index in [4.69, 9.17) is 4.74 Å². The highest BCUT2D eigenvalue weighted by Gasteiger charge is 2.21. The molecule has 0 unspecified atom stereocenters. The quantitative estimate of drug-likeness (QED) is 0.928. The molecule has 2 aromatic carbocycles. The Morgan fingerprint density at radius 2 is 1.76 bits per heavy atom. The fourth-order valence-corrected chi connectivity index (χ4v) is 2.89. The van der Waals surface area contributed by atoms with Crippen LogP contribution in [0.2, 0.25) is 0 Å². The molecule has 1 heterocycles. The number of carbonyl (C=O) groups is 1. The number of nitrogens with zero attached hydrogens (tertiary/aromatic N) is 2. The predicted octanol–water partition coefficient (Wildman–Crippen LogP) is 2.87. The number of hydrogen-bond acceptors (Lipinski definition) is 3. The van der Waals surface area contributed by atoms with Gasteiger partial charge in [-0.3, -0.25) is 0 Å². The van der Waals surface area contributed by atoms with Gasteiger partial charge >= 0.3 is 6.03 Å². The first-order valence-corrected chi connectivity index (χ1v) is 8.32. The van der Waals surface area contributed by atoms with Crippen LogP contribution in [-0.4, -0.2) is 44.2 Å². The summed E-state index contributed by atoms with van der Waals surface area (Å²) in [5.74, 6) is 0.530. The van der Waals surface area contributed by atoms with Gasteiger partial charge in [-0.2, -0.15) is 0 Å². The number of amides is 2. The van der Waals surface area contributed by atoms with Crippen molar-refractivity contribution in [2.45, 2.75) is 6.54 Å². The van der Waals surface area contributed by atoms with Crippen LogP contribution < -0.4 is 15.0 Å². The number of ether oxygens (including phenoxy) is 1. The Hall–Kier alpha value is -2.76. The molecule has 0 bridgehead atoms. The fraction of sp³-hybridized carbons (Fsp3) is 0.316. The Morgan fingerprint density at radius 1 is 1.08 bits per heavy atom. The van der Waals surface area contributed by atoms with Gasteiger partial charge in [0.05, 0.1) is 7.11 Å². The normalized spacial score (nSPS) is 14.3. The number of halogens is 1. The van der Waals surface area contributed by atoms with Gasteiger partial charge in [-0.1, -0.05) is 18.2 Å². The molecular formula is C19H22FN3O2. The molecule has 0 atom stereocenters. The molecule has 0 radical (unpaired) electrons. The molecule has 25 heavy (non-hydrogen) atoms. The van der Waals surface area contributed by atoms with Crippen LogP contribution in [-0.2, 0) is 6.54 Å². The number of methoxy groups -OCH3 is 1. The summed E-state index contributed by atoms with van der Waals surface area (Å²) in [7, 11) is 1.65. The Balaban J connectivity index is 1.49. The molecule has 1 aliphatic rings. The summed E-state index contributed by atoms with van der Waals surface area (Å²) in [6.45, 7) is 2.99. The largest absolute Gasteiger partial charge is 0.497 e. The lowest BCUT2D eigenvalue weighted by Crippen LogP contribution is -2.51.